The zero-order valence-electron chi connectivity index (χ0n) is 9.42. The van der Waals surface area contributed by atoms with Crippen LogP contribution in [0.5, 0.6) is 0 Å². The van der Waals surface area contributed by atoms with Gasteiger partial charge in [0.2, 0.25) is 0 Å². The molecule has 2 nitrogen and oxygen atoms in total. The number of aromatic nitrogens is 1. The molecule has 0 atom stereocenters. The average Bonchev–Trinajstić information content (AvgIpc) is 2.33. The molecule has 0 saturated heterocycles. The number of nitriles is 1. The van der Waals surface area contributed by atoms with Gasteiger partial charge in [-0.1, -0.05) is 46.4 Å². The maximum Gasteiger partial charge on any atom is 0.130 e. The van der Waals surface area contributed by atoms with Crippen LogP contribution in [0.3, 0.4) is 0 Å². The molecule has 0 aliphatic carbocycles. The van der Waals surface area contributed by atoms with Crippen LogP contribution in [-0.4, -0.2) is 4.98 Å². The molecule has 6 heteroatoms. The van der Waals surface area contributed by atoms with Gasteiger partial charge in [-0.2, -0.15) is 5.26 Å². The van der Waals surface area contributed by atoms with E-state index < -0.39 is 0 Å². The quantitative estimate of drug-likeness (QED) is 0.543. The number of pyridine rings is 1. The minimum atomic E-state index is 0.237. The Kier molecular flexibility index (Phi) is 4.54. The number of rotatable bonds is 2. The van der Waals surface area contributed by atoms with Crippen LogP contribution in [0.1, 0.15) is 5.56 Å². The SMILES string of the molecule is N#CCc1cc(Cl)nc(-c2cc(Cl)cc(Cl)c2Cl)c1. The number of nitrogens with zero attached hydrogens (tertiary/aromatic N) is 2. The first-order valence-corrected chi connectivity index (χ1v) is 6.71. The Morgan fingerprint density at radius 1 is 1.05 bits per heavy atom. The molecular formula is C13H6Cl4N2. The van der Waals surface area contributed by atoms with E-state index in [4.69, 9.17) is 51.7 Å². The van der Waals surface area contributed by atoms with Crippen molar-refractivity contribution in [2.75, 3.05) is 0 Å². The number of hydrogen-bond acceptors (Lipinski definition) is 2. The Balaban J connectivity index is 2.62. The van der Waals surface area contributed by atoms with Crippen molar-refractivity contribution in [3.63, 3.8) is 0 Å². The van der Waals surface area contributed by atoms with E-state index >= 15 is 0 Å². The van der Waals surface area contributed by atoms with Gasteiger partial charge in [0.25, 0.3) is 0 Å². The van der Waals surface area contributed by atoms with E-state index in [1.165, 1.54) is 0 Å². The zero-order valence-corrected chi connectivity index (χ0v) is 12.4. The summed E-state index contributed by atoms with van der Waals surface area (Å²) in [5.41, 5.74) is 1.87. The predicted molar refractivity (Wildman–Crippen MR) is 79.0 cm³/mol. The number of halogens is 4. The fourth-order valence-electron chi connectivity index (χ4n) is 1.62. The lowest BCUT2D eigenvalue weighted by Gasteiger charge is -2.08. The van der Waals surface area contributed by atoms with Gasteiger partial charge in [-0.25, -0.2) is 4.98 Å². The maximum atomic E-state index is 8.73. The van der Waals surface area contributed by atoms with Crippen molar-refractivity contribution in [3.8, 4) is 17.3 Å². The van der Waals surface area contributed by atoms with Crippen molar-refractivity contribution in [2.24, 2.45) is 0 Å². The molecule has 1 aromatic heterocycles. The third-order valence-corrected chi connectivity index (χ3v) is 3.62. The lowest BCUT2D eigenvalue weighted by atomic mass is 10.1. The molecule has 0 unspecified atom stereocenters. The van der Waals surface area contributed by atoms with Crippen molar-refractivity contribution in [2.45, 2.75) is 6.42 Å². The van der Waals surface area contributed by atoms with Crippen molar-refractivity contribution < 1.29 is 0 Å². The summed E-state index contributed by atoms with van der Waals surface area (Å²) in [7, 11) is 0. The zero-order chi connectivity index (χ0) is 14.0. The normalized spacial score (nSPS) is 10.3. The van der Waals surface area contributed by atoms with Crippen LogP contribution in [-0.2, 0) is 6.42 Å². The molecule has 0 radical (unpaired) electrons. The van der Waals surface area contributed by atoms with Gasteiger partial charge in [-0.3, -0.25) is 0 Å². The highest BCUT2D eigenvalue weighted by Crippen LogP contribution is 2.36. The Hall–Kier alpha value is -0.980. The van der Waals surface area contributed by atoms with E-state index in [1.54, 1.807) is 24.3 Å². The molecule has 0 saturated carbocycles. The van der Waals surface area contributed by atoms with E-state index in [2.05, 4.69) is 11.1 Å². The van der Waals surface area contributed by atoms with Gasteiger partial charge in [0, 0.05) is 10.6 Å². The molecule has 2 aromatic rings. The summed E-state index contributed by atoms with van der Waals surface area (Å²) in [6.45, 7) is 0. The first kappa shape index (κ1) is 14.4. The van der Waals surface area contributed by atoms with E-state index in [0.29, 0.717) is 26.3 Å². The topological polar surface area (TPSA) is 36.7 Å². The highest BCUT2D eigenvalue weighted by atomic mass is 35.5. The molecule has 0 N–H and O–H groups in total. The van der Waals surface area contributed by atoms with Crippen molar-refractivity contribution in [1.29, 1.82) is 5.26 Å². The first-order chi connectivity index (χ1) is 9.01. The van der Waals surface area contributed by atoms with Crippen LogP contribution in [0, 0.1) is 11.3 Å². The van der Waals surface area contributed by atoms with Crippen molar-refractivity contribution in [3.05, 3.63) is 50.0 Å². The van der Waals surface area contributed by atoms with Gasteiger partial charge in [-0.15, -0.1) is 0 Å². The smallest absolute Gasteiger partial charge is 0.130 e. The fourth-order valence-corrected chi connectivity index (χ4v) is 2.55. The second-order valence-electron chi connectivity index (χ2n) is 3.77. The second kappa shape index (κ2) is 5.98. The molecule has 2 rings (SSSR count). The van der Waals surface area contributed by atoms with Crippen LogP contribution in [0.4, 0.5) is 0 Å². The lowest BCUT2D eigenvalue weighted by Crippen LogP contribution is -1.91. The summed E-state index contributed by atoms with van der Waals surface area (Å²) in [6, 6.07) is 8.64. The highest BCUT2D eigenvalue weighted by molar-refractivity contribution is 6.45. The van der Waals surface area contributed by atoms with Crippen molar-refractivity contribution in [1.82, 2.24) is 4.98 Å². The van der Waals surface area contributed by atoms with Gasteiger partial charge < -0.3 is 0 Å². The molecule has 19 heavy (non-hydrogen) atoms. The first-order valence-electron chi connectivity index (χ1n) is 5.19. The minimum absolute atomic E-state index is 0.237. The Labute approximate surface area is 130 Å². The van der Waals surface area contributed by atoms with Crippen LogP contribution in [0.15, 0.2) is 24.3 Å². The van der Waals surface area contributed by atoms with Crippen LogP contribution < -0.4 is 0 Å². The van der Waals surface area contributed by atoms with Gasteiger partial charge in [0.1, 0.15) is 5.15 Å². The Morgan fingerprint density at radius 3 is 2.47 bits per heavy atom. The summed E-state index contributed by atoms with van der Waals surface area (Å²) in [4.78, 5) is 4.18. The summed E-state index contributed by atoms with van der Waals surface area (Å²) >= 11 is 24.0. The highest BCUT2D eigenvalue weighted by Gasteiger charge is 2.12. The average molecular weight is 332 g/mol. The second-order valence-corrected chi connectivity index (χ2v) is 5.38. The maximum absolute atomic E-state index is 8.73. The number of benzene rings is 1. The molecule has 1 aromatic carbocycles. The molecular weight excluding hydrogens is 326 g/mol. The third-order valence-electron chi connectivity index (χ3n) is 2.41. The molecule has 0 aliphatic heterocycles. The minimum Gasteiger partial charge on any atom is -0.236 e. The molecule has 0 amide bonds. The van der Waals surface area contributed by atoms with E-state index in [0.717, 1.165) is 5.56 Å². The van der Waals surface area contributed by atoms with Crippen LogP contribution in [0.2, 0.25) is 20.2 Å². The van der Waals surface area contributed by atoms with Gasteiger partial charge >= 0.3 is 0 Å². The third kappa shape index (κ3) is 3.32. The lowest BCUT2D eigenvalue weighted by molar-refractivity contribution is 1.21. The largest absolute Gasteiger partial charge is 0.236 e. The van der Waals surface area contributed by atoms with Crippen LogP contribution >= 0.6 is 46.4 Å². The fraction of sp³-hybridized carbons (Fsp3) is 0.0769. The van der Waals surface area contributed by atoms with Gasteiger partial charge in [0.15, 0.2) is 0 Å². The van der Waals surface area contributed by atoms with Gasteiger partial charge in [0.05, 0.1) is 28.2 Å². The van der Waals surface area contributed by atoms with Crippen LogP contribution in [0.25, 0.3) is 11.3 Å². The molecule has 1 heterocycles. The Bertz CT molecular complexity index is 677. The van der Waals surface area contributed by atoms with Gasteiger partial charge in [-0.05, 0) is 29.8 Å². The Morgan fingerprint density at radius 2 is 1.79 bits per heavy atom. The summed E-state index contributed by atoms with van der Waals surface area (Å²) in [5, 5.41) is 10.2. The predicted octanol–water partition coefficient (Wildman–Crippen LogP) is 5.43. The molecule has 0 spiro atoms. The molecule has 0 aliphatic rings. The standard InChI is InChI=1S/C13H6Cl4N2/c14-8-5-9(13(17)10(15)6-8)11-3-7(1-2-18)4-12(16)19-11/h3-6H,1H2. The molecule has 96 valence electrons. The van der Waals surface area contributed by atoms with E-state index in [9.17, 15) is 0 Å². The van der Waals surface area contributed by atoms with Crippen molar-refractivity contribution >= 4 is 46.4 Å². The number of hydrogen-bond donors (Lipinski definition) is 0. The summed E-state index contributed by atoms with van der Waals surface area (Å²) < 4.78 is 0. The van der Waals surface area contributed by atoms with E-state index in [1.807, 2.05) is 0 Å². The monoisotopic (exact) mass is 330 g/mol. The molecule has 0 bridgehead atoms. The summed E-state index contributed by atoms with van der Waals surface area (Å²) in [6.07, 6.45) is 0.237. The molecule has 0 fully saturated rings. The van der Waals surface area contributed by atoms with E-state index in [-0.39, 0.29) is 11.6 Å². The summed E-state index contributed by atoms with van der Waals surface area (Å²) in [5.74, 6) is 0.